The van der Waals surface area contributed by atoms with Crippen LogP contribution in [0.3, 0.4) is 0 Å². The van der Waals surface area contributed by atoms with Gasteiger partial charge in [-0.25, -0.2) is 0 Å². The van der Waals surface area contributed by atoms with E-state index in [1.54, 1.807) is 0 Å². The second kappa shape index (κ2) is 4.47. The van der Waals surface area contributed by atoms with Crippen molar-refractivity contribution >= 4 is 23.5 Å². The van der Waals surface area contributed by atoms with Gasteiger partial charge in [-0.15, -0.1) is 0 Å². The average Bonchev–Trinajstić information content (AvgIpc) is 2.42. The van der Waals surface area contributed by atoms with Gasteiger partial charge in [0.1, 0.15) is 6.04 Å². The number of hydrogen-bond acceptors (Lipinski definition) is 5. The third-order valence-corrected chi connectivity index (χ3v) is 3.11. The minimum Gasteiger partial charge on any atom is -0.505 e. The molecule has 0 aromatic rings. The summed E-state index contributed by atoms with van der Waals surface area (Å²) in [6.07, 6.45) is 1.66. The van der Waals surface area contributed by atoms with Crippen LogP contribution in [0.2, 0.25) is 0 Å². The Labute approximate surface area is 85.0 Å². The minimum atomic E-state index is -1.06. The van der Waals surface area contributed by atoms with Gasteiger partial charge in [0.05, 0.1) is 0 Å². The molecule has 1 aliphatic rings. The van der Waals surface area contributed by atoms with Crippen LogP contribution in [-0.2, 0) is 9.59 Å². The van der Waals surface area contributed by atoms with Crippen molar-refractivity contribution in [2.24, 2.45) is 5.73 Å². The molecule has 0 amide bonds. The molecule has 6 heteroatoms. The molecule has 0 aliphatic heterocycles. The lowest BCUT2D eigenvalue weighted by molar-refractivity contribution is -0.137. The van der Waals surface area contributed by atoms with Crippen molar-refractivity contribution in [1.29, 1.82) is 0 Å². The van der Waals surface area contributed by atoms with Crippen molar-refractivity contribution in [2.45, 2.75) is 17.7 Å². The Bertz CT molecular complexity index is 289. The number of carbonyl (C=O) groups excluding carboxylic acids is 1. The van der Waals surface area contributed by atoms with Gasteiger partial charge in [0.2, 0.25) is 0 Å². The Balaban J connectivity index is 2.34. The third-order valence-electron chi connectivity index (χ3n) is 1.82. The summed E-state index contributed by atoms with van der Waals surface area (Å²) in [5.74, 6) is -1.36. The number of aliphatic hydroxyl groups is 1. The molecule has 5 nitrogen and oxygen atoms in total. The smallest absolute Gasteiger partial charge is 0.321 e. The zero-order valence-electron chi connectivity index (χ0n) is 7.34. The zero-order valence-corrected chi connectivity index (χ0v) is 8.16. The fourth-order valence-electron chi connectivity index (χ4n) is 1.02. The number of carboxylic acids is 1. The zero-order chi connectivity index (χ0) is 10.7. The van der Waals surface area contributed by atoms with E-state index >= 15 is 0 Å². The summed E-state index contributed by atoms with van der Waals surface area (Å²) in [5.41, 5.74) is 5.28. The Kier molecular flexibility index (Phi) is 3.54. The average molecular weight is 217 g/mol. The van der Waals surface area contributed by atoms with Crippen LogP contribution in [0.5, 0.6) is 0 Å². The first-order valence-corrected chi connectivity index (χ1v) is 5.09. The molecule has 0 fully saturated rings. The first kappa shape index (κ1) is 11.1. The summed E-state index contributed by atoms with van der Waals surface area (Å²) in [6.45, 7) is 0. The minimum absolute atomic E-state index is 0.145. The first-order chi connectivity index (χ1) is 6.50. The number of nitrogens with two attached hydrogens (primary N) is 1. The van der Waals surface area contributed by atoms with E-state index in [0.717, 1.165) is 0 Å². The van der Waals surface area contributed by atoms with Crippen LogP contribution in [0, 0.1) is 0 Å². The monoisotopic (exact) mass is 217 g/mol. The van der Waals surface area contributed by atoms with Crippen molar-refractivity contribution < 1.29 is 19.8 Å². The molecule has 0 heterocycles. The summed E-state index contributed by atoms with van der Waals surface area (Å²) in [6, 6.07) is -0.925. The summed E-state index contributed by atoms with van der Waals surface area (Å²) in [7, 11) is 0. The van der Waals surface area contributed by atoms with E-state index in [9.17, 15) is 9.59 Å². The summed E-state index contributed by atoms with van der Waals surface area (Å²) in [4.78, 5) is 21.2. The summed E-state index contributed by atoms with van der Waals surface area (Å²) < 4.78 is 0. The molecule has 0 aromatic carbocycles. The second-order valence-corrected chi connectivity index (χ2v) is 4.27. The SMILES string of the molecule is N[C@@H](CSC1C=C(O)C(=O)C1)C(=O)O. The lowest BCUT2D eigenvalue weighted by Gasteiger charge is -2.08. The van der Waals surface area contributed by atoms with E-state index < -0.39 is 12.0 Å². The van der Waals surface area contributed by atoms with Gasteiger partial charge in [0, 0.05) is 17.4 Å². The number of carboxylic acid groups (broad SMARTS) is 1. The van der Waals surface area contributed by atoms with Gasteiger partial charge in [0.25, 0.3) is 0 Å². The van der Waals surface area contributed by atoms with Gasteiger partial charge >= 0.3 is 5.97 Å². The number of Topliss-reactive ketones (excluding diaryl/α,β-unsaturated/α-hetero) is 1. The number of aliphatic carboxylic acids is 1. The Morgan fingerprint density at radius 3 is 2.86 bits per heavy atom. The molecule has 1 rings (SSSR count). The lowest BCUT2D eigenvalue weighted by Crippen LogP contribution is -2.33. The Hall–Kier alpha value is -1.01. The van der Waals surface area contributed by atoms with Crippen LogP contribution in [0.1, 0.15) is 6.42 Å². The highest BCUT2D eigenvalue weighted by molar-refractivity contribution is 8.00. The predicted octanol–water partition coefficient (Wildman–Crippen LogP) is -0.0852. The molecule has 1 unspecified atom stereocenters. The summed E-state index contributed by atoms with van der Waals surface area (Å²) in [5, 5.41) is 17.3. The van der Waals surface area contributed by atoms with Crippen LogP contribution in [-0.4, -0.2) is 39.0 Å². The quantitative estimate of drug-likeness (QED) is 0.608. The normalized spacial score (nSPS) is 23.4. The molecule has 2 atom stereocenters. The van der Waals surface area contributed by atoms with Crippen LogP contribution >= 0.6 is 11.8 Å². The van der Waals surface area contributed by atoms with E-state index in [-0.39, 0.29) is 29.0 Å². The Morgan fingerprint density at radius 1 is 1.79 bits per heavy atom. The number of hydrogen-bond donors (Lipinski definition) is 3. The number of rotatable bonds is 4. The number of carbonyl (C=O) groups is 2. The van der Waals surface area contributed by atoms with Gasteiger partial charge in [-0.3, -0.25) is 9.59 Å². The van der Waals surface area contributed by atoms with Crippen molar-refractivity contribution in [2.75, 3.05) is 5.75 Å². The topological polar surface area (TPSA) is 101 Å². The molecule has 78 valence electrons. The van der Waals surface area contributed by atoms with E-state index in [0.29, 0.717) is 0 Å². The van der Waals surface area contributed by atoms with Gasteiger partial charge in [0.15, 0.2) is 11.5 Å². The van der Waals surface area contributed by atoms with Crippen molar-refractivity contribution in [3.05, 3.63) is 11.8 Å². The fraction of sp³-hybridized carbons (Fsp3) is 0.500. The first-order valence-electron chi connectivity index (χ1n) is 4.04. The van der Waals surface area contributed by atoms with Gasteiger partial charge in [-0.05, 0) is 6.08 Å². The largest absolute Gasteiger partial charge is 0.505 e. The standard InChI is InChI=1S/C8H11NO4S/c9-5(8(12)13)3-14-4-1-6(10)7(11)2-4/h1,4-5,10H,2-3,9H2,(H,12,13)/t4?,5-/m0/s1. The van der Waals surface area contributed by atoms with E-state index in [2.05, 4.69) is 0 Å². The van der Waals surface area contributed by atoms with E-state index in [1.165, 1.54) is 17.8 Å². The van der Waals surface area contributed by atoms with Crippen LogP contribution in [0.15, 0.2) is 11.8 Å². The second-order valence-electron chi connectivity index (χ2n) is 3.00. The highest BCUT2D eigenvalue weighted by Crippen LogP contribution is 2.24. The number of allylic oxidation sites excluding steroid dienone is 1. The molecule has 0 spiro atoms. The highest BCUT2D eigenvalue weighted by Gasteiger charge is 2.25. The van der Waals surface area contributed by atoms with Crippen LogP contribution < -0.4 is 5.73 Å². The van der Waals surface area contributed by atoms with Crippen molar-refractivity contribution in [1.82, 2.24) is 0 Å². The fourth-order valence-corrected chi connectivity index (χ4v) is 2.11. The molecular formula is C8H11NO4S. The molecule has 0 saturated carbocycles. The van der Waals surface area contributed by atoms with Gasteiger partial charge in [-0.2, -0.15) is 11.8 Å². The molecular weight excluding hydrogens is 206 g/mol. The van der Waals surface area contributed by atoms with Gasteiger partial charge < -0.3 is 15.9 Å². The van der Waals surface area contributed by atoms with Crippen LogP contribution in [0.4, 0.5) is 0 Å². The molecule has 1 aliphatic carbocycles. The third kappa shape index (κ3) is 2.74. The van der Waals surface area contributed by atoms with Crippen molar-refractivity contribution in [3.63, 3.8) is 0 Å². The van der Waals surface area contributed by atoms with Crippen LogP contribution in [0.25, 0.3) is 0 Å². The molecule has 0 saturated heterocycles. The maximum atomic E-state index is 10.9. The maximum Gasteiger partial charge on any atom is 0.321 e. The maximum absolute atomic E-state index is 10.9. The Morgan fingerprint density at radius 2 is 2.43 bits per heavy atom. The molecule has 4 N–H and O–H groups in total. The highest BCUT2D eigenvalue weighted by atomic mass is 32.2. The van der Waals surface area contributed by atoms with Gasteiger partial charge in [-0.1, -0.05) is 0 Å². The number of thioether (sulfide) groups is 1. The molecule has 0 radical (unpaired) electrons. The van der Waals surface area contributed by atoms with E-state index in [4.69, 9.17) is 15.9 Å². The summed E-state index contributed by atoms with van der Waals surface area (Å²) >= 11 is 1.26. The lowest BCUT2D eigenvalue weighted by atomic mass is 10.3. The molecule has 14 heavy (non-hydrogen) atoms. The predicted molar refractivity (Wildman–Crippen MR) is 52.2 cm³/mol. The number of aliphatic hydroxyl groups excluding tert-OH is 1. The van der Waals surface area contributed by atoms with Crippen molar-refractivity contribution in [3.8, 4) is 0 Å². The number of ketones is 1. The van der Waals surface area contributed by atoms with E-state index in [1.807, 2.05) is 0 Å². The molecule has 0 aromatic heterocycles. The molecule has 0 bridgehead atoms.